The summed E-state index contributed by atoms with van der Waals surface area (Å²) in [5.74, 6) is 1.32. The molecule has 3 nitrogen and oxygen atoms in total. The number of hydrogen-bond acceptors (Lipinski definition) is 4. The van der Waals surface area contributed by atoms with Crippen molar-refractivity contribution in [1.29, 1.82) is 0 Å². The highest BCUT2D eigenvalue weighted by atomic mass is 35.5. The Bertz CT molecular complexity index is 671. The van der Waals surface area contributed by atoms with E-state index in [1.165, 1.54) is 44.9 Å². The number of benzene rings is 1. The van der Waals surface area contributed by atoms with E-state index in [1.54, 1.807) is 18.4 Å². The molecule has 6 heteroatoms. The molecule has 1 N–H and O–H groups in total. The van der Waals surface area contributed by atoms with Crippen LogP contribution in [-0.4, -0.2) is 13.2 Å². The van der Waals surface area contributed by atoms with E-state index in [0.29, 0.717) is 29.2 Å². The highest BCUT2D eigenvalue weighted by molar-refractivity contribution is 7.09. The summed E-state index contributed by atoms with van der Waals surface area (Å²) in [7, 11) is 1.66. The van der Waals surface area contributed by atoms with Crippen LogP contribution in [0.2, 0.25) is 5.02 Å². The van der Waals surface area contributed by atoms with E-state index in [4.69, 9.17) is 21.1 Å². The van der Waals surface area contributed by atoms with Crippen molar-refractivity contribution >= 4 is 35.3 Å². The van der Waals surface area contributed by atoms with E-state index in [0.717, 1.165) is 17.0 Å². The molecule has 1 saturated carbocycles. The summed E-state index contributed by atoms with van der Waals surface area (Å²) in [6.07, 6.45) is 9.34. The molecule has 1 heterocycles. The van der Waals surface area contributed by atoms with Crippen molar-refractivity contribution in [2.75, 3.05) is 7.11 Å². The number of rotatable bonds is 7. The Morgan fingerprint density at radius 3 is 2.56 bits per heavy atom. The van der Waals surface area contributed by atoms with Crippen LogP contribution < -0.4 is 14.8 Å². The molecular formula is C21H29Cl2NO2S. The van der Waals surface area contributed by atoms with Gasteiger partial charge in [0.25, 0.3) is 0 Å². The van der Waals surface area contributed by atoms with E-state index < -0.39 is 0 Å². The first-order valence-electron chi connectivity index (χ1n) is 9.51. The number of nitrogens with one attached hydrogen (secondary N) is 1. The first kappa shape index (κ1) is 22.4. The van der Waals surface area contributed by atoms with Gasteiger partial charge in [-0.3, -0.25) is 0 Å². The monoisotopic (exact) mass is 429 g/mol. The lowest BCUT2D eigenvalue weighted by Crippen LogP contribution is -2.29. The second-order valence-electron chi connectivity index (χ2n) is 6.90. The van der Waals surface area contributed by atoms with Gasteiger partial charge in [-0.15, -0.1) is 23.7 Å². The second-order valence-corrected chi connectivity index (χ2v) is 8.34. The third-order valence-electron chi connectivity index (χ3n) is 4.93. The summed E-state index contributed by atoms with van der Waals surface area (Å²) in [6, 6.07) is 8.70. The van der Waals surface area contributed by atoms with Gasteiger partial charge in [0.1, 0.15) is 6.61 Å². The Balaban J connectivity index is 0.00000261. The van der Waals surface area contributed by atoms with Crippen LogP contribution in [0.15, 0.2) is 29.6 Å². The van der Waals surface area contributed by atoms with Crippen LogP contribution in [0, 0.1) is 0 Å². The molecule has 0 atom stereocenters. The van der Waals surface area contributed by atoms with Gasteiger partial charge in [0, 0.05) is 17.5 Å². The molecule has 0 amide bonds. The first-order valence-corrected chi connectivity index (χ1v) is 10.8. The average Bonchev–Trinajstić information content (AvgIpc) is 3.13. The number of methoxy groups -OCH3 is 1. The highest BCUT2D eigenvalue weighted by Gasteiger charge is 2.15. The van der Waals surface area contributed by atoms with Gasteiger partial charge in [-0.2, -0.15) is 0 Å². The molecule has 0 radical (unpaired) electrons. The van der Waals surface area contributed by atoms with Crippen molar-refractivity contribution in [2.24, 2.45) is 0 Å². The lowest BCUT2D eigenvalue weighted by molar-refractivity contribution is 0.287. The van der Waals surface area contributed by atoms with Crippen molar-refractivity contribution in [3.05, 3.63) is 45.1 Å². The molecule has 150 valence electrons. The van der Waals surface area contributed by atoms with Crippen molar-refractivity contribution in [3.8, 4) is 11.5 Å². The predicted molar refractivity (Wildman–Crippen MR) is 117 cm³/mol. The highest BCUT2D eigenvalue weighted by Crippen LogP contribution is 2.37. The van der Waals surface area contributed by atoms with Crippen molar-refractivity contribution < 1.29 is 9.47 Å². The third kappa shape index (κ3) is 6.86. The lowest BCUT2D eigenvalue weighted by Gasteiger charge is -2.21. The van der Waals surface area contributed by atoms with Crippen LogP contribution in [0.4, 0.5) is 0 Å². The van der Waals surface area contributed by atoms with E-state index in [2.05, 4.69) is 11.4 Å². The van der Waals surface area contributed by atoms with Gasteiger partial charge in [0.2, 0.25) is 0 Å². The van der Waals surface area contributed by atoms with Crippen LogP contribution in [0.25, 0.3) is 0 Å². The normalized spacial score (nSPS) is 15.5. The fourth-order valence-electron chi connectivity index (χ4n) is 3.48. The zero-order valence-corrected chi connectivity index (χ0v) is 18.2. The quantitative estimate of drug-likeness (QED) is 0.536. The molecule has 0 saturated heterocycles. The Morgan fingerprint density at radius 2 is 1.89 bits per heavy atom. The van der Waals surface area contributed by atoms with Gasteiger partial charge in [0.15, 0.2) is 11.5 Å². The number of ether oxygens (including phenoxy) is 2. The summed E-state index contributed by atoms with van der Waals surface area (Å²) in [5, 5.41) is 6.35. The first-order chi connectivity index (χ1) is 12.8. The molecule has 0 unspecified atom stereocenters. The molecule has 2 aromatic rings. The predicted octanol–water partition coefficient (Wildman–Crippen LogP) is 6.61. The summed E-state index contributed by atoms with van der Waals surface area (Å²) in [4.78, 5) is 1.16. The molecule has 1 aliphatic carbocycles. The van der Waals surface area contributed by atoms with E-state index in [1.807, 2.05) is 23.6 Å². The van der Waals surface area contributed by atoms with Crippen molar-refractivity contribution in [3.63, 3.8) is 0 Å². The van der Waals surface area contributed by atoms with Crippen LogP contribution in [0.5, 0.6) is 11.5 Å². The van der Waals surface area contributed by atoms with Crippen LogP contribution >= 0.6 is 35.3 Å². The van der Waals surface area contributed by atoms with E-state index in [9.17, 15) is 0 Å². The minimum atomic E-state index is 0. The van der Waals surface area contributed by atoms with Gasteiger partial charge in [0.05, 0.1) is 12.1 Å². The molecule has 0 bridgehead atoms. The maximum atomic E-state index is 6.49. The van der Waals surface area contributed by atoms with Crippen LogP contribution in [0.1, 0.15) is 55.4 Å². The van der Waals surface area contributed by atoms with Gasteiger partial charge in [-0.05, 0) is 42.0 Å². The minimum absolute atomic E-state index is 0. The summed E-state index contributed by atoms with van der Waals surface area (Å²) >= 11 is 8.17. The maximum absolute atomic E-state index is 6.49. The molecule has 0 spiro atoms. The van der Waals surface area contributed by atoms with Crippen LogP contribution in [0.3, 0.4) is 0 Å². The molecule has 3 rings (SSSR count). The molecule has 1 aliphatic rings. The van der Waals surface area contributed by atoms with Gasteiger partial charge in [-0.25, -0.2) is 0 Å². The molecule has 1 aromatic heterocycles. The lowest BCUT2D eigenvalue weighted by atomic mass is 9.96. The zero-order chi connectivity index (χ0) is 18.2. The fourth-order valence-corrected chi connectivity index (χ4v) is 4.38. The third-order valence-corrected chi connectivity index (χ3v) is 6.06. The average molecular weight is 430 g/mol. The largest absolute Gasteiger partial charge is 0.493 e. The number of thiophene rings is 1. The number of halogens is 2. The Hall–Kier alpha value is -0.940. The van der Waals surface area contributed by atoms with Crippen LogP contribution in [-0.2, 0) is 13.2 Å². The zero-order valence-electron chi connectivity index (χ0n) is 15.8. The maximum Gasteiger partial charge on any atom is 0.180 e. The van der Waals surface area contributed by atoms with E-state index in [-0.39, 0.29) is 12.4 Å². The summed E-state index contributed by atoms with van der Waals surface area (Å²) < 4.78 is 11.4. The second kappa shape index (κ2) is 11.8. The van der Waals surface area contributed by atoms with Gasteiger partial charge >= 0.3 is 0 Å². The molecule has 0 aliphatic heterocycles. The SMILES string of the molecule is COc1cc(CNC2CCCCCCC2)cc(Cl)c1OCc1cccs1.Cl. The van der Waals surface area contributed by atoms with Gasteiger partial charge < -0.3 is 14.8 Å². The molecule has 1 aromatic carbocycles. The Kier molecular flexibility index (Phi) is 9.77. The fraction of sp³-hybridized carbons (Fsp3) is 0.524. The minimum Gasteiger partial charge on any atom is -0.493 e. The molecular weight excluding hydrogens is 401 g/mol. The Morgan fingerprint density at radius 1 is 1.15 bits per heavy atom. The van der Waals surface area contributed by atoms with E-state index >= 15 is 0 Å². The van der Waals surface area contributed by atoms with Crippen molar-refractivity contribution in [1.82, 2.24) is 5.32 Å². The van der Waals surface area contributed by atoms with Crippen molar-refractivity contribution in [2.45, 2.75) is 64.1 Å². The smallest absolute Gasteiger partial charge is 0.180 e. The number of hydrogen-bond donors (Lipinski definition) is 1. The standard InChI is InChI=1S/C21H28ClNO2S.ClH/c1-24-20-13-16(14-23-17-8-5-3-2-4-6-9-17)12-19(22)21(20)25-15-18-10-7-11-26-18;/h7,10-13,17,23H,2-6,8-9,14-15H2,1H3;1H. The topological polar surface area (TPSA) is 30.5 Å². The molecule has 27 heavy (non-hydrogen) atoms. The summed E-state index contributed by atoms with van der Waals surface area (Å²) in [6.45, 7) is 1.32. The van der Waals surface area contributed by atoms with Gasteiger partial charge in [-0.1, -0.05) is 49.8 Å². The molecule has 1 fully saturated rings. The summed E-state index contributed by atoms with van der Waals surface area (Å²) in [5.41, 5.74) is 1.14. The Labute approximate surface area is 177 Å².